The second-order valence-electron chi connectivity index (χ2n) is 5.74. The van der Waals surface area contributed by atoms with Gasteiger partial charge in [0.05, 0.1) is 0 Å². The van der Waals surface area contributed by atoms with E-state index >= 15 is 0 Å². The number of aliphatic carboxylic acids is 1. The lowest BCUT2D eigenvalue weighted by Gasteiger charge is -1.94. The standard InChI is InChI=1S/C20H32O3/c1-2-3-4-5-10-13-16-19(21)17-14-11-8-6-7-9-12-15-18-20(22)23/h6-8,10-11,13H,2-5,9,12,14-18H2,1H3,(H,22,23). The minimum atomic E-state index is -0.727. The summed E-state index contributed by atoms with van der Waals surface area (Å²) in [6.07, 6.45) is 21.6. The Bertz CT molecular complexity index is 392. The molecule has 0 radical (unpaired) electrons. The second-order valence-corrected chi connectivity index (χ2v) is 5.74. The molecule has 0 unspecified atom stereocenters. The minimum Gasteiger partial charge on any atom is -0.481 e. The lowest BCUT2D eigenvalue weighted by Crippen LogP contribution is -1.93. The van der Waals surface area contributed by atoms with Crippen molar-refractivity contribution in [2.24, 2.45) is 0 Å². The van der Waals surface area contributed by atoms with Gasteiger partial charge in [-0.05, 0) is 38.5 Å². The number of carbonyl (C=O) groups excluding carboxylic acids is 1. The predicted octanol–water partition coefficient (Wildman–Crippen LogP) is 5.62. The molecule has 0 rings (SSSR count). The van der Waals surface area contributed by atoms with Gasteiger partial charge in [-0.2, -0.15) is 0 Å². The van der Waals surface area contributed by atoms with Crippen LogP contribution in [0.4, 0.5) is 0 Å². The molecule has 0 heterocycles. The number of carbonyl (C=O) groups is 2. The van der Waals surface area contributed by atoms with Gasteiger partial charge >= 0.3 is 5.97 Å². The maximum atomic E-state index is 11.6. The largest absolute Gasteiger partial charge is 0.481 e. The molecule has 0 aliphatic heterocycles. The number of carboxylic acids is 1. The van der Waals surface area contributed by atoms with E-state index in [1.807, 2.05) is 30.4 Å². The summed E-state index contributed by atoms with van der Waals surface area (Å²) in [6, 6.07) is 0. The molecule has 0 saturated heterocycles. The third kappa shape index (κ3) is 18.3. The molecule has 3 nitrogen and oxygen atoms in total. The molecule has 0 saturated carbocycles. The van der Waals surface area contributed by atoms with Crippen LogP contribution in [0.5, 0.6) is 0 Å². The van der Waals surface area contributed by atoms with E-state index in [1.165, 1.54) is 19.3 Å². The minimum absolute atomic E-state index is 0.249. The molecular formula is C20H32O3. The Labute approximate surface area is 141 Å². The summed E-state index contributed by atoms with van der Waals surface area (Å²) in [4.78, 5) is 22.0. The Morgan fingerprint density at radius 2 is 1.43 bits per heavy atom. The lowest BCUT2D eigenvalue weighted by atomic mass is 10.1. The van der Waals surface area contributed by atoms with Crippen LogP contribution in [-0.2, 0) is 9.59 Å². The van der Waals surface area contributed by atoms with E-state index < -0.39 is 5.97 Å². The number of ketones is 1. The zero-order chi connectivity index (χ0) is 17.2. The van der Waals surface area contributed by atoms with E-state index in [0.717, 1.165) is 32.1 Å². The Morgan fingerprint density at radius 1 is 0.783 bits per heavy atom. The molecule has 1 N–H and O–H groups in total. The molecule has 23 heavy (non-hydrogen) atoms. The van der Waals surface area contributed by atoms with Gasteiger partial charge in [0.2, 0.25) is 0 Å². The molecule has 0 aromatic heterocycles. The van der Waals surface area contributed by atoms with Crippen LogP contribution < -0.4 is 0 Å². The Kier molecular flexibility index (Phi) is 15.5. The predicted molar refractivity (Wildman–Crippen MR) is 96.5 cm³/mol. The van der Waals surface area contributed by atoms with Crippen molar-refractivity contribution < 1.29 is 14.7 Å². The Balaban J connectivity index is 3.50. The van der Waals surface area contributed by atoms with Crippen molar-refractivity contribution in [2.75, 3.05) is 0 Å². The molecule has 0 aliphatic carbocycles. The van der Waals surface area contributed by atoms with Crippen molar-refractivity contribution >= 4 is 11.8 Å². The van der Waals surface area contributed by atoms with Gasteiger partial charge in [-0.15, -0.1) is 0 Å². The molecule has 0 amide bonds. The van der Waals surface area contributed by atoms with Crippen molar-refractivity contribution in [3.05, 3.63) is 36.5 Å². The van der Waals surface area contributed by atoms with Gasteiger partial charge in [0.15, 0.2) is 0 Å². The lowest BCUT2D eigenvalue weighted by molar-refractivity contribution is -0.137. The number of rotatable bonds is 15. The van der Waals surface area contributed by atoms with E-state index in [4.69, 9.17) is 5.11 Å². The number of Topliss-reactive ketones (excluding diaryl/α,β-unsaturated/α-hetero) is 1. The molecule has 0 bridgehead atoms. The van der Waals surface area contributed by atoms with Gasteiger partial charge in [-0.1, -0.05) is 56.2 Å². The number of hydrogen-bond donors (Lipinski definition) is 1. The molecule has 0 aromatic carbocycles. The summed E-state index contributed by atoms with van der Waals surface area (Å²) >= 11 is 0. The topological polar surface area (TPSA) is 54.4 Å². The Morgan fingerprint density at radius 3 is 2.13 bits per heavy atom. The van der Waals surface area contributed by atoms with Gasteiger partial charge in [0, 0.05) is 19.3 Å². The van der Waals surface area contributed by atoms with Crippen LogP contribution in [0, 0.1) is 0 Å². The molecule has 0 spiro atoms. The first-order valence-electron chi connectivity index (χ1n) is 8.87. The van der Waals surface area contributed by atoms with Crippen molar-refractivity contribution in [3.8, 4) is 0 Å². The zero-order valence-electron chi connectivity index (χ0n) is 14.5. The molecular weight excluding hydrogens is 288 g/mol. The zero-order valence-corrected chi connectivity index (χ0v) is 14.5. The smallest absolute Gasteiger partial charge is 0.303 e. The quantitative estimate of drug-likeness (QED) is 0.242. The van der Waals surface area contributed by atoms with Crippen LogP contribution in [-0.4, -0.2) is 16.9 Å². The van der Waals surface area contributed by atoms with Crippen molar-refractivity contribution in [1.29, 1.82) is 0 Å². The summed E-state index contributed by atoms with van der Waals surface area (Å²) < 4.78 is 0. The summed E-state index contributed by atoms with van der Waals surface area (Å²) in [5, 5.41) is 8.50. The highest BCUT2D eigenvalue weighted by Gasteiger charge is 1.96. The van der Waals surface area contributed by atoms with Crippen LogP contribution in [0.15, 0.2) is 36.5 Å². The molecule has 0 atom stereocenters. The summed E-state index contributed by atoms with van der Waals surface area (Å²) in [5.74, 6) is -0.437. The average molecular weight is 320 g/mol. The number of unbranched alkanes of at least 4 members (excludes halogenated alkanes) is 5. The van der Waals surface area contributed by atoms with Crippen LogP contribution in [0.25, 0.3) is 0 Å². The first-order valence-corrected chi connectivity index (χ1v) is 8.87. The van der Waals surface area contributed by atoms with E-state index in [-0.39, 0.29) is 6.42 Å². The van der Waals surface area contributed by atoms with Crippen LogP contribution in [0.1, 0.15) is 77.6 Å². The third-order valence-electron chi connectivity index (χ3n) is 3.47. The maximum Gasteiger partial charge on any atom is 0.303 e. The number of hydrogen-bond acceptors (Lipinski definition) is 2. The van der Waals surface area contributed by atoms with Gasteiger partial charge in [-0.3, -0.25) is 9.59 Å². The van der Waals surface area contributed by atoms with Gasteiger partial charge in [0.25, 0.3) is 0 Å². The molecule has 0 fully saturated rings. The summed E-state index contributed by atoms with van der Waals surface area (Å²) in [6.45, 7) is 2.19. The van der Waals surface area contributed by atoms with Crippen LogP contribution in [0.3, 0.4) is 0 Å². The highest BCUT2D eigenvalue weighted by Crippen LogP contribution is 2.03. The molecule has 0 aromatic rings. The fourth-order valence-electron chi connectivity index (χ4n) is 2.08. The number of allylic oxidation sites excluding steroid dienone is 6. The fraction of sp³-hybridized carbons (Fsp3) is 0.600. The second kappa shape index (κ2) is 16.7. The molecule has 0 aliphatic rings. The van der Waals surface area contributed by atoms with Crippen molar-refractivity contribution in [3.63, 3.8) is 0 Å². The first kappa shape index (κ1) is 21.4. The summed E-state index contributed by atoms with van der Waals surface area (Å²) in [5.41, 5.74) is 0. The highest BCUT2D eigenvalue weighted by molar-refractivity contribution is 5.79. The SMILES string of the molecule is CCCCCC=CCC(=O)CCC=CC=CCCCCC(=O)O. The van der Waals surface area contributed by atoms with E-state index in [2.05, 4.69) is 13.0 Å². The first-order chi connectivity index (χ1) is 11.2. The normalized spacial score (nSPS) is 11.9. The van der Waals surface area contributed by atoms with Gasteiger partial charge < -0.3 is 5.11 Å². The van der Waals surface area contributed by atoms with Crippen LogP contribution in [0.2, 0.25) is 0 Å². The van der Waals surface area contributed by atoms with Crippen LogP contribution >= 0.6 is 0 Å². The van der Waals surface area contributed by atoms with Crippen molar-refractivity contribution in [2.45, 2.75) is 77.6 Å². The van der Waals surface area contributed by atoms with Gasteiger partial charge in [0.1, 0.15) is 5.78 Å². The van der Waals surface area contributed by atoms with E-state index in [0.29, 0.717) is 18.6 Å². The van der Waals surface area contributed by atoms with E-state index in [1.54, 1.807) is 0 Å². The maximum absolute atomic E-state index is 11.6. The van der Waals surface area contributed by atoms with Crippen molar-refractivity contribution in [1.82, 2.24) is 0 Å². The molecule has 130 valence electrons. The number of carboxylic acid groups (broad SMARTS) is 1. The highest BCUT2D eigenvalue weighted by atomic mass is 16.4. The monoisotopic (exact) mass is 320 g/mol. The average Bonchev–Trinajstić information content (AvgIpc) is 2.52. The van der Waals surface area contributed by atoms with Gasteiger partial charge in [-0.25, -0.2) is 0 Å². The third-order valence-corrected chi connectivity index (χ3v) is 3.47. The fourth-order valence-corrected chi connectivity index (χ4v) is 2.08. The Hall–Kier alpha value is -1.64. The van der Waals surface area contributed by atoms with E-state index in [9.17, 15) is 9.59 Å². The molecule has 3 heteroatoms. The summed E-state index contributed by atoms with van der Waals surface area (Å²) in [7, 11) is 0.